The maximum absolute atomic E-state index is 13.7. The molecule has 0 aliphatic heterocycles. The molecule has 2 nitrogen and oxygen atoms in total. The Labute approximate surface area is 124 Å². The second-order valence-electron chi connectivity index (χ2n) is 6.18. The third-order valence-electron chi connectivity index (χ3n) is 3.21. The minimum Gasteiger partial charge on any atom is -0.242 e. The Morgan fingerprint density at radius 3 is 2.55 bits per heavy atom. The second-order valence-corrected chi connectivity index (χ2v) is 8.17. The third kappa shape index (κ3) is 4.98. The van der Waals surface area contributed by atoms with E-state index in [0.717, 1.165) is 30.4 Å². The molecule has 2 atom stereocenters. The van der Waals surface area contributed by atoms with Crippen LogP contribution in [0.1, 0.15) is 64.6 Å². The second kappa shape index (κ2) is 7.32. The van der Waals surface area contributed by atoms with Crippen molar-refractivity contribution in [3.8, 4) is 0 Å². The molecule has 0 aromatic heterocycles. The predicted molar refractivity (Wildman–Crippen MR) is 84.5 cm³/mol. The fraction of sp³-hybridized carbons (Fsp3) is 0.625. The van der Waals surface area contributed by atoms with Gasteiger partial charge in [-0.05, 0) is 57.7 Å². The molecule has 20 heavy (non-hydrogen) atoms. The van der Waals surface area contributed by atoms with E-state index < -0.39 is 11.0 Å². The van der Waals surface area contributed by atoms with Gasteiger partial charge in [-0.2, -0.15) is 0 Å². The minimum atomic E-state index is -1.13. The lowest BCUT2D eigenvalue weighted by molar-refractivity contribution is 0.596. The molecule has 1 rings (SSSR count). The maximum Gasteiger partial charge on any atom is 0.126 e. The van der Waals surface area contributed by atoms with Crippen LogP contribution in [-0.4, -0.2) is 8.96 Å². The van der Waals surface area contributed by atoms with Crippen molar-refractivity contribution in [2.24, 2.45) is 0 Å². The lowest BCUT2D eigenvalue weighted by Gasteiger charge is -2.22. The standard InChI is InChI=1S/C16H26FNOS/c1-6-7-8-14-11-13(9-10-15(14)17)12(2)18-20(19)16(3,4)5/h9-12,18H,6-8H2,1-5H3/t12-,20-/m0/s1. The van der Waals surface area contributed by atoms with Crippen LogP contribution in [0.3, 0.4) is 0 Å². The summed E-state index contributed by atoms with van der Waals surface area (Å²) in [4.78, 5) is 0. The van der Waals surface area contributed by atoms with Crippen molar-refractivity contribution >= 4 is 11.0 Å². The van der Waals surface area contributed by atoms with E-state index in [1.54, 1.807) is 6.07 Å². The number of rotatable bonds is 6. The van der Waals surface area contributed by atoms with E-state index in [-0.39, 0.29) is 16.6 Å². The average Bonchev–Trinajstić information content (AvgIpc) is 2.36. The molecule has 0 saturated heterocycles. The molecule has 114 valence electrons. The van der Waals surface area contributed by atoms with Crippen LogP contribution in [-0.2, 0) is 17.4 Å². The Morgan fingerprint density at radius 1 is 1.35 bits per heavy atom. The summed E-state index contributed by atoms with van der Waals surface area (Å²) in [5.41, 5.74) is 1.73. The summed E-state index contributed by atoms with van der Waals surface area (Å²) in [7, 11) is -1.13. The number of aryl methyl sites for hydroxylation is 1. The first-order valence-electron chi connectivity index (χ1n) is 7.22. The maximum atomic E-state index is 13.7. The lowest BCUT2D eigenvalue weighted by Crippen LogP contribution is -2.34. The Kier molecular flexibility index (Phi) is 6.34. The first kappa shape index (κ1) is 17.3. The van der Waals surface area contributed by atoms with Crippen LogP contribution >= 0.6 is 0 Å². The van der Waals surface area contributed by atoms with Gasteiger partial charge in [-0.25, -0.2) is 13.3 Å². The predicted octanol–water partition coefficient (Wildman–Crippen LogP) is 4.28. The molecular weight excluding hydrogens is 273 g/mol. The van der Waals surface area contributed by atoms with Gasteiger partial charge < -0.3 is 0 Å². The number of hydrogen-bond acceptors (Lipinski definition) is 1. The molecule has 0 unspecified atom stereocenters. The van der Waals surface area contributed by atoms with Crippen molar-refractivity contribution in [1.29, 1.82) is 0 Å². The minimum absolute atomic E-state index is 0.0592. The van der Waals surface area contributed by atoms with Gasteiger partial charge in [0.25, 0.3) is 0 Å². The largest absolute Gasteiger partial charge is 0.242 e. The first-order valence-corrected chi connectivity index (χ1v) is 8.37. The molecule has 0 amide bonds. The summed E-state index contributed by atoms with van der Waals surface area (Å²) >= 11 is 0. The van der Waals surface area contributed by atoms with E-state index in [0.29, 0.717) is 0 Å². The fourth-order valence-corrected chi connectivity index (χ4v) is 2.64. The summed E-state index contributed by atoms with van der Waals surface area (Å²) in [5.74, 6) is -0.147. The van der Waals surface area contributed by atoms with E-state index in [1.165, 1.54) is 6.07 Å². The van der Waals surface area contributed by atoms with Gasteiger partial charge in [-0.15, -0.1) is 0 Å². The van der Waals surface area contributed by atoms with Gasteiger partial charge in [0.05, 0.1) is 15.7 Å². The summed E-state index contributed by atoms with van der Waals surface area (Å²) in [5, 5.41) is 0. The van der Waals surface area contributed by atoms with Crippen LogP contribution < -0.4 is 4.72 Å². The van der Waals surface area contributed by atoms with Gasteiger partial charge in [0, 0.05) is 6.04 Å². The number of hydrogen-bond donors (Lipinski definition) is 1. The van der Waals surface area contributed by atoms with Crippen molar-refractivity contribution in [3.63, 3.8) is 0 Å². The van der Waals surface area contributed by atoms with Crippen LogP contribution in [0, 0.1) is 5.82 Å². The highest BCUT2D eigenvalue weighted by molar-refractivity contribution is 7.84. The van der Waals surface area contributed by atoms with Crippen LogP contribution in [0.2, 0.25) is 0 Å². The van der Waals surface area contributed by atoms with Crippen molar-refractivity contribution < 1.29 is 8.60 Å². The molecule has 1 aromatic carbocycles. The molecule has 1 aromatic rings. The lowest BCUT2D eigenvalue weighted by atomic mass is 10.0. The van der Waals surface area contributed by atoms with Gasteiger partial charge in [0.15, 0.2) is 0 Å². The summed E-state index contributed by atoms with van der Waals surface area (Å²) in [6.45, 7) is 9.85. The van der Waals surface area contributed by atoms with Crippen LogP contribution in [0.5, 0.6) is 0 Å². The third-order valence-corrected chi connectivity index (χ3v) is 4.89. The van der Waals surface area contributed by atoms with Gasteiger partial charge >= 0.3 is 0 Å². The van der Waals surface area contributed by atoms with Crippen LogP contribution in [0.4, 0.5) is 4.39 Å². The zero-order chi connectivity index (χ0) is 15.3. The molecule has 0 radical (unpaired) electrons. The number of benzene rings is 1. The Morgan fingerprint density at radius 2 is 2.00 bits per heavy atom. The molecule has 0 bridgehead atoms. The quantitative estimate of drug-likeness (QED) is 0.834. The molecule has 0 aliphatic carbocycles. The highest BCUT2D eigenvalue weighted by atomic mass is 32.2. The summed E-state index contributed by atoms with van der Waals surface area (Å²) < 4.78 is 28.6. The summed E-state index contributed by atoms with van der Waals surface area (Å²) in [6.07, 6.45) is 2.78. The Balaban J connectivity index is 2.83. The molecule has 0 heterocycles. The van der Waals surface area contributed by atoms with Gasteiger partial charge in [-0.3, -0.25) is 0 Å². The van der Waals surface area contributed by atoms with Crippen molar-refractivity contribution in [3.05, 3.63) is 35.1 Å². The number of nitrogens with one attached hydrogen (secondary N) is 1. The molecular formula is C16H26FNOS. The van der Waals surface area contributed by atoms with Gasteiger partial charge in [0.2, 0.25) is 0 Å². The molecule has 4 heteroatoms. The van der Waals surface area contributed by atoms with Crippen molar-refractivity contribution in [2.45, 2.75) is 64.7 Å². The molecule has 0 fully saturated rings. The molecule has 0 saturated carbocycles. The van der Waals surface area contributed by atoms with Crippen molar-refractivity contribution in [1.82, 2.24) is 4.72 Å². The molecule has 0 spiro atoms. The normalized spacial score (nSPS) is 15.1. The highest BCUT2D eigenvalue weighted by Crippen LogP contribution is 2.20. The van der Waals surface area contributed by atoms with Crippen molar-refractivity contribution in [2.75, 3.05) is 0 Å². The molecule has 0 aliphatic rings. The number of halogens is 1. The monoisotopic (exact) mass is 299 g/mol. The van der Waals surface area contributed by atoms with Gasteiger partial charge in [-0.1, -0.05) is 25.5 Å². The number of unbranched alkanes of at least 4 members (excludes halogenated alkanes) is 1. The van der Waals surface area contributed by atoms with Crippen LogP contribution in [0.25, 0.3) is 0 Å². The van der Waals surface area contributed by atoms with E-state index in [4.69, 9.17) is 0 Å². The summed E-state index contributed by atoms with van der Waals surface area (Å²) in [6, 6.07) is 5.11. The van der Waals surface area contributed by atoms with E-state index in [9.17, 15) is 8.60 Å². The highest BCUT2D eigenvalue weighted by Gasteiger charge is 2.21. The first-order chi connectivity index (χ1) is 9.25. The molecule has 1 N–H and O–H groups in total. The zero-order valence-electron chi connectivity index (χ0n) is 13.1. The van der Waals surface area contributed by atoms with E-state index in [2.05, 4.69) is 11.6 Å². The average molecular weight is 299 g/mol. The Hall–Kier alpha value is -0.740. The SMILES string of the molecule is CCCCc1cc([C@H](C)N[S@@](=O)C(C)(C)C)ccc1F. The van der Waals surface area contributed by atoms with E-state index >= 15 is 0 Å². The zero-order valence-corrected chi connectivity index (χ0v) is 13.9. The fourth-order valence-electron chi connectivity index (χ4n) is 1.83. The van der Waals surface area contributed by atoms with Crippen LogP contribution in [0.15, 0.2) is 18.2 Å². The Bertz CT molecular complexity index is 468. The van der Waals surface area contributed by atoms with E-state index in [1.807, 2.05) is 33.8 Å². The smallest absolute Gasteiger partial charge is 0.126 e. The topological polar surface area (TPSA) is 29.1 Å². The van der Waals surface area contributed by atoms with Gasteiger partial charge in [0.1, 0.15) is 5.82 Å².